The van der Waals surface area contributed by atoms with Crippen LogP contribution in [0.3, 0.4) is 0 Å². The molecule has 0 saturated heterocycles. The van der Waals surface area contributed by atoms with E-state index in [0.717, 1.165) is 0 Å². The Labute approximate surface area is 148 Å². The first kappa shape index (κ1) is 18.6. The van der Waals surface area contributed by atoms with Crippen LogP contribution in [-0.4, -0.2) is 26.2 Å². The molecule has 0 fully saturated rings. The Morgan fingerprint density at radius 3 is 2.36 bits per heavy atom. The number of nitrogens with one attached hydrogen (secondary N) is 1. The highest BCUT2D eigenvalue weighted by molar-refractivity contribution is 5.95. The van der Waals surface area contributed by atoms with Crippen molar-refractivity contribution in [1.29, 1.82) is 0 Å². The Morgan fingerprint density at radius 1 is 0.960 bits per heavy atom. The van der Waals surface area contributed by atoms with Crippen LogP contribution in [0.1, 0.15) is 32.3 Å². The van der Waals surface area contributed by atoms with Crippen molar-refractivity contribution in [1.82, 2.24) is 0 Å². The molecular formula is C20H25NO4. The van der Waals surface area contributed by atoms with E-state index in [4.69, 9.17) is 14.2 Å². The standard InChI is InChI=1S/C20H25NO4/c1-13(2)15-7-6-8-17(11-15)25-14(3)20(22)21-18-12-16(23-4)9-10-19(18)24-5/h6-14H,1-5H3,(H,21,22). The van der Waals surface area contributed by atoms with Gasteiger partial charge >= 0.3 is 0 Å². The number of rotatable bonds is 7. The van der Waals surface area contributed by atoms with E-state index in [1.54, 1.807) is 39.3 Å². The summed E-state index contributed by atoms with van der Waals surface area (Å²) in [6.45, 7) is 5.94. The highest BCUT2D eigenvalue weighted by Crippen LogP contribution is 2.29. The van der Waals surface area contributed by atoms with E-state index >= 15 is 0 Å². The number of ether oxygens (including phenoxy) is 3. The van der Waals surface area contributed by atoms with Gasteiger partial charge in [-0.05, 0) is 42.7 Å². The lowest BCUT2D eigenvalue weighted by molar-refractivity contribution is -0.122. The second kappa shape index (κ2) is 8.42. The number of hydrogen-bond donors (Lipinski definition) is 1. The van der Waals surface area contributed by atoms with Crippen molar-refractivity contribution in [3.05, 3.63) is 48.0 Å². The summed E-state index contributed by atoms with van der Waals surface area (Å²) in [6.07, 6.45) is -0.654. The van der Waals surface area contributed by atoms with Crippen LogP contribution in [0.5, 0.6) is 17.2 Å². The monoisotopic (exact) mass is 343 g/mol. The summed E-state index contributed by atoms with van der Waals surface area (Å²) in [7, 11) is 3.12. The summed E-state index contributed by atoms with van der Waals surface area (Å²) in [4.78, 5) is 12.5. The van der Waals surface area contributed by atoms with E-state index in [0.29, 0.717) is 28.9 Å². The van der Waals surface area contributed by atoms with Crippen molar-refractivity contribution in [3.8, 4) is 17.2 Å². The van der Waals surface area contributed by atoms with Gasteiger partial charge < -0.3 is 19.5 Å². The molecule has 25 heavy (non-hydrogen) atoms. The summed E-state index contributed by atoms with van der Waals surface area (Å²) in [6, 6.07) is 13.0. The van der Waals surface area contributed by atoms with E-state index < -0.39 is 6.10 Å². The predicted octanol–water partition coefficient (Wildman–Crippen LogP) is 4.23. The van der Waals surface area contributed by atoms with Gasteiger partial charge in [-0.15, -0.1) is 0 Å². The Morgan fingerprint density at radius 2 is 1.72 bits per heavy atom. The molecule has 2 aromatic carbocycles. The summed E-state index contributed by atoms with van der Waals surface area (Å²) in [5.41, 5.74) is 1.71. The number of carbonyl (C=O) groups is 1. The van der Waals surface area contributed by atoms with Crippen LogP contribution in [0.25, 0.3) is 0 Å². The van der Waals surface area contributed by atoms with Crippen LogP contribution in [0.4, 0.5) is 5.69 Å². The van der Waals surface area contributed by atoms with Crippen molar-refractivity contribution in [3.63, 3.8) is 0 Å². The fourth-order valence-electron chi connectivity index (χ4n) is 2.35. The largest absolute Gasteiger partial charge is 0.497 e. The molecule has 0 heterocycles. The Kier molecular flexibility index (Phi) is 6.28. The lowest BCUT2D eigenvalue weighted by Gasteiger charge is -2.17. The first-order valence-corrected chi connectivity index (χ1v) is 8.24. The minimum absolute atomic E-state index is 0.262. The number of methoxy groups -OCH3 is 2. The van der Waals surface area contributed by atoms with Gasteiger partial charge in [0.15, 0.2) is 6.10 Å². The maximum atomic E-state index is 12.5. The normalized spacial score (nSPS) is 11.8. The van der Waals surface area contributed by atoms with Gasteiger partial charge in [-0.2, -0.15) is 0 Å². The van der Waals surface area contributed by atoms with Crippen molar-refractivity contribution in [2.24, 2.45) is 0 Å². The Hall–Kier alpha value is -2.69. The minimum atomic E-state index is -0.654. The van der Waals surface area contributed by atoms with Crippen LogP contribution in [0.15, 0.2) is 42.5 Å². The first-order chi connectivity index (χ1) is 11.9. The van der Waals surface area contributed by atoms with Gasteiger partial charge in [0.25, 0.3) is 5.91 Å². The molecule has 2 rings (SSSR count). The fourth-order valence-corrected chi connectivity index (χ4v) is 2.35. The van der Waals surface area contributed by atoms with Crippen LogP contribution < -0.4 is 19.5 Å². The number of benzene rings is 2. The number of hydrogen-bond acceptors (Lipinski definition) is 4. The average Bonchev–Trinajstić information content (AvgIpc) is 2.61. The molecule has 0 saturated carbocycles. The Balaban J connectivity index is 2.09. The van der Waals surface area contributed by atoms with E-state index in [1.807, 2.05) is 24.3 Å². The molecule has 1 N–H and O–H groups in total. The molecule has 0 spiro atoms. The van der Waals surface area contributed by atoms with E-state index in [-0.39, 0.29) is 5.91 Å². The summed E-state index contributed by atoms with van der Waals surface area (Å²) < 4.78 is 16.2. The molecular weight excluding hydrogens is 318 g/mol. The minimum Gasteiger partial charge on any atom is -0.497 e. The molecule has 5 heteroatoms. The molecule has 1 unspecified atom stereocenters. The quantitative estimate of drug-likeness (QED) is 0.817. The van der Waals surface area contributed by atoms with Crippen LogP contribution in [-0.2, 0) is 4.79 Å². The fraction of sp³-hybridized carbons (Fsp3) is 0.350. The van der Waals surface area contributed by atoms with E-state index in [1.165, 1.54) is 5.56 Å². The second-order valence-electron chi connectivity index (χ2n) is 6.04. The third-order valence-corrected chi connectivity index (χ3v) is 3.87. The smallest absolute Gasteiger partial charge is 0.265 e. The molecule has 0 radical (unpaired) electrons. The van der Waals surface area contributed by atoms with Gasteiger partial charge in [-0.25, -0.2) is 0 Å². The van der Waals surface area contributed by atoms with Gasteiger partial charge in [-0.1, -0.05) is 26.0 Å². The topological polar surface area (TPSA) is 56.8 Å². The van der Waals surface area contributed by atoms with Crippen LogP contribution >= 0.6 is 0 Å². The highest BCUT2D eigenvalue weighted by Gasteiger charge is 2.17. The summed E-state index contributed by atoms with van der Waals surface area (Å²) >= 11 is 0. The van der Waals surface area contributed by atoms with Crippen molar-refractivity contribution in [2.45, 2.75) is 32.8 Å². The molecule has 0 aliphatic heterocycles. The number of anilines is 1. The van der Waals surface area contributed by atoms with Gasteiger partial charge in [0.1, 0.15) is 17.2 Å². The van der Waals surface area contributed by atoms with Gasteiger partial charge in [0.05, 0.1) is 19.9 Å². The average molecular weight is 343 g/mol. The van der Waals surface area contributed by atoms with Crippen LogP contribution in [0.2, 0.25) is 0 Å². The third kappa shape index (κ3) is 4.89. The van der Waals surface area contributed by atoms with Gasteiger partial charge in [0, 0.05) is 6.07 Å². The Bertz CT molecular complexity index is 727. The highest BCUT2D eigenvalue weighted by atomic mass is 16.5. The zero-order valence-electron chi connectivity index (χ0n) is 15.3. The molecule has 0 aromatic heterocycles. The second-order valence-corrected chi connectivity index (χ2v) is 6.04. The molecule has 134 valence electrons. The summed E-state index contributed by atoms with van der Waals surface area (Å²) in [5, 5.41) is 2.82. The maximum Gasteiger partial charge on any atom is 0.265 e. The molecule has 5 nitrogen and oxygen atoms in total. The number of carbonyl (C=O) groups excluding carboxylic acids is 1. The molecule has 2 aromatic rings. The molecule has 1 amide bonds. The number of amides is 1. The van der Waals surface area contributed by atoms with Crippen molar-refractivity contribution < 1.29 is 19.0 Å². The van der Waals surface area contributed by atoms with E-state index in [2.05, 4.69) is 19.2 Å². The van der Waals surface area contributed by atoms with Crippen molar-refractivity contribution >= 4 is 11.6 Å². The van der Waals surface area contributed by atoms with Crippen molar-refractivity contribution in [2.75, 3.05) is 19.5 Å². The third-order valence-electron chi connectivity index (χ3n) is 3.87. The zero-order valence-corrected chi connectivity index (χ0v) is 15.3. The van der Waals surface area contributed by atoms with Crippen LogP contribution in [0, 0.1) is 0 Å². The van der Waals surface area contributed by atoms with E-state index in [9.17, 15) is 4.79 Å². The molecule has 0 bridgehead atoms. The molecule has 0 aliphatic rings. The first-order valence-electron chi connectivity index (χ1n) is 8.24. The molecule has 1 atom stereocenters. The molecule has 0 aliphatic carbocycles. The lowest BCUT2D eigenvalue weighted by Crippen LogP contribution is -2.30. The lowest BCUT2D eigenvalue weighted by atomic mass is 10.0. The maximum absolute atomic E-state index is 12.5. The summed E-state index contributed by atoms with van der Waals surface area (Å²) in [5.74, 6) is 2.00. The SMILES string of the molecule is COc1ccc(OC)c(NC(=O)C(C)Oc2cccc(C(C)C)c2)c1. The zero-order chi connectivity index (χ0) is 18.4. The van der Waals surface area contributed by atoms with Gasteiger partial charge in [-0.3, -0.25) is 4.79 Å². The predicted molar refractivity (Wildman–Crippen MR) is 98.8 cm³/mol. The van der Waals surface area contributed by atoms with Gasteiger partial charge in [0.2, 0.25) is 0 Å².